The minimum absolute atomic E-state index is 0.497. The third kappa shape index (κ3) is 2.07. The van der Waals surface area contributed by atoms with Gasteiger partial charge in [-0.15, -0.1) is 0 Å². The Morgan fingerprint density at radius 2 is 1.83 bits per heavy atom. The van der Waals surface area contributed by atoms with Crippen LogP contribution in [0.3, 0.4) is 0 Å². The van der Waals surface area contributed by atoms with Gasteiger partial charge in [0.1, 0.15) is 5.75 Å². The molecule has 0 atom stereocenters. The summed E-state index contributed by atoms with van der Waals surface area (Å²) in [6, 6.07) is 7.12. The largest absolute Gasteiger partial charge is 0.492 e. The highest BCUT2D eigenvalue weighted by molar-refractivity contribution is 5.46. The lowest BCUT2D eigenvalue weighted by Gasteiger charge is -2.11. The molecule has 1 heterocycles. The summed E-state index contributed by atoms with van der Waals surface area (Å²) in [7, 11) is 1.54. The first-order valence-electron chi connectivity index (χ1n) is 5.65. The van der Waals surface area contributed by atoms with E-state index in [4.69, 9.17) is 4.74 Å². The molecule has 1 aromatic heterocycles. The second kappa shape index (κ2) is 4.91. The number of ether oxygens (including phenoxy) is 1. The molecule has 0 aliphatic carbocycles. The fourth-order valence-corrected chi connectivity index (χ4v) is 1.68. The van der Waals surface area contributed by atoms with Crippen LogP contribution in [-0.4, -0.2) is 15.7 Å². The van der Waals surface area contributed by atoms with Crippen LogP contribution in [-0.2, 0) is 7.05 Å². The maximum absolute atomic E-state index is 11.9. The third-order valence-corrected chi connectivity index (χ3v) is 2.59. The lowest BCUT2D eigenvalue weighted by molar-refractivity contribution is 0.339. The molecular formula is C13H14N2O3. The Hall–Kier alpha value is -2.30. The van der Waals surface area contributed by atoms with Crippen LogP contribution in [0.25, 0.3) is 5.69 Å². The van der Waals surface area contributed by atoms with Gasteiger partial charge >= 0.3 is 11.1 Å². The Morgan fingerprint density at radius 1 is 1.11 bits per heavy atom. The quantitative estimate of drug-likeness (QED) is 0.757. The fourth-order valence-electron chi connectivity index (χ4n) is 1.68. The number of rotatable bonds is 3. The number of aryl methyl sites for hydroxylation is 1. The second-order valence-corrected chi connectivity index (χ2v) is 3.79. The normalized spacial score (nSPS) is 10.3. The van der Waals surface area contributed by atoms with E-state index in [1.807, 2.05) is 13.0 Å². The summed E-state index contributed by atoms with van der Waals surface area (Å²) < 4.78 is 8.00. The Balaban J connectivity index is 2.67. The molecule has 0 bridgehead atoms. The van der Waals surface area contributed by atoms with Gasteiger partial charge in [-0.1, -0.05) is 12.1 Å². The standard InChI is InChI=1S/C13H14N2O3/c1-3-18-11-7-5-4-6-10(11)15-9-8-14(2)12(16)13(15)17/h4-9H,3H2,1-2H3. The molecular weight excluding hydrogens is 232 g/mol. The minimum Gasteiger partial charge on any atom is -0.492 e. The summed E-state index contributed by atoms with van der Waals surface area (Å²) in [5, 5.41) is 0. The van der Waals surface area contributed by atoms with Gasteiger partial charge in [0.2, 0.25) is 0 Å². The van der Waals surface area contributed by atoms with Gasteiger partial charge in [0, 0.05) is 19.4 Å². The van der Waals surface area contributed by atoms with Crippen LogP contribution in [0.2, 0.25) is 0 Å². The van der Waals surface area contributed by atoms with Crippen LogP contribution < -0.4 is 15.9 Å². The molecule has 5 heteroatoms. The second-order valence-electron chi connectivity index (χ2n) is 3.79. The van der Waals surface area contributed by atoms with E-state index >= 15 is 0 Å². The minimum atomic E-state index is -0.591. The van der Waals surface area contributed by atoms with Gasteiger partial charge in [0.15, 0.2) is 0 Å². The van der Waals surface area contributed by atoms with E-state index in [-0.39, 0.29) is 0 Å². The van der Waals surface area contributed by atoms with Crippen LogP contribution >= 0.6 is 0 Å². The highest BCUT2D eigenvalue weighted by Gasteiger charge is 2.09. The molecule has 0 aliphatic rings. The molecule has 0 unspecified atom stereocenters. The molecule has 1 aromatic carbocycles. The number of hydrogen-bond acceptors (Lipinski definition) is 3. The number of aromatic nitrogens is 2. The maximum atomic E-state index is 11.9. The van der Waals surface area contributed by atoms with Crippen molar-refractivity contribution in [1.82, 2.24) is 9.13 Å². The van der Waals surface area contributed by atoms with Gasteiger partial charge < -0.3 is 9.30 Å². The van der Waals surface area contributed by atoms with E-state index < -0.39 is 11.1 Å². The zero-order valence-corrected chi connectivity index (χ0v) is 10.3. The van der Waals surface area contributed by atoms with Crippen molar-refractivity contribution in [1.29, 1.82) is 0 Å². The SMILES string of the molecule is CCOc1ccccc1-n1ccn(C)c(=O)c1=O. The van der Waals surface area contributed by atoms with Crippen molar-refractivity contribution in [3.8, 4) is 11.4 Å². The van der Waals surface area contributed by atoms with Crippen molar-refractivity contribution < 1.29 is 4.74 Å². The van der Waals surface area contributed by atoms with E-state index in [1.165, 1.54) is 9.13 Å². The topological polar surface area (TPSA) is 53.2 Å². The molecule has 0 N–H and O–H groups in total. The highest BCUT2D eigenvalue weighted by Crippen LogP contribution is 2.20. The Labute approximate surface area is 104 Å². The predicted molar refractivity (Wildman–Crippen MR) is 68.4 cm³/mol. The van der Waals surface area contributed by atoms with Gasteiger partial charge in [-0.25, -0.2) is 0 Å². The van der Waals surface area contributed by atoms with Crippen molar-refractivity contribution in [2.75, 3.05) is 6.61 Å². The van der Waals surface area contributed by atoms with Crippen molar-refractivity contribution in [3.63, 3.8) is 0 Å². The van der Waals surface area contributed by atoms with Crippen LogP contribution in [0.4, 0.5) is 0 Å². The predicted octanol–water partition coefficient (Wildman–Crippen LogP) is 0.935. The summed E-state index contributed by atoms with van der Waals surface area (Å²) in [6.07, 6.45) is 3.11. The first-order valence-corrected chi connectivity index (χ1v) is 5.65. The molecule has 0 saturated carbocycles. The van der Waals surface area contributed by atoms with Gasteiger partial charge in [0.25, 0.3) is 0 Å². The monoisotopic (exact) mass is 246 g/mol. The fraction of sp³-hybridized carbons (Fsp3) is 0.231. The van der Waals surface area contributed by atoms with E-state index in [9.17, 15) is 9.59 Å². The molecule has 18 heavy (non-hydrogen) atoms. The molecule has 0 spiro atoms. The lowest BCUT2D eigenvalue weighted by atomic mass is 10.3. The Bertz CT molecular complexity index is 670. The third-order valence-electron chi connectivity index (χ3n) is 2.59. The van der Waals surface area contributed by atoms with E-state index in [2.05, 4.69) is 0 Å². The number of para-hydroxylation sites is 2. The first kappa shape index (κ1) is 12.2. The van der Waals surface area contributed by atoms with Gasteiger partial charge in [-0.2, -0.15) is 0 Å². The molecule has 0 radical (unpaired) electrons. The number of hydrogen-bond donors (Lipinski definition) is 0. The van der Waals surface area contributed by atoms with Crippen molar-refractivity contribution >= 4 is 0 Å². The smallest absolute Gasteiger partial charge is 0.321 e. The van der Waals surface area contributed by atoms with Crippen LogP contribution in [0.5, 0.6) is 5.75 Å². The molecule has 2 aromatic rings. The molecule has 0 amide bonds. The summed E-state index contributed by atoms with van der Waals surface area (Å²) in [5.74, 6) is 0.579. The van der Waals surface area contributed by atoms with Gasteiger partial charge in [-0.3, -0.25) is 14.2 Å². The summed E-state index contributed by atoms with van der Waals surface area (Å²) >= 11 is 0. The maximum Gasteiger partial charge on any atom is 0.321 e. The van der Waals surface area contributed by atoms with Crippen molar-refractivity contribution in [2.45, 2.75) is 6.92 Å². The summed E-state index contributed by atoms with van der Waals surface area (Å²) in [4.78, 5) is 23.5. The van der Waals surface area contributed by atoms with Crippen LogP contribution in [0.1, 0.15) is 6.92 Å². The van der Waals surface area contributed by atoms with E-state index in [0.717, 1.165) is 0 Å². The summed E-state index contributed by atoms with van der Waals surface area (Å²) in [6.45, 7) is 2.36. The average molecular weight is 246 g/mol. The molecule has 94 valence electrons. The Morgan fingerprint density at radius 3 is 2.56 bits per heavy atom. The van der Waals surface area contributed by atoms with Gasteiger partial charge in [0.05, 0.1) is 12.3 Å². The van der Waals surface area contributed by atoms with Crippen molar-refractivity contribution in [2.24, 2.45) is 7.05 Å². The molecule has 0 fully saturated rings. The first-order chi connectivity index (χ1) is 8.65. The number of nitrogens with zero attached hydrogens (tertiary/aromatic N) is 2. The molecule has 0 aliphatic heterocycles. The average Bonchev–Trinajstić information content (AvgIpc) is 2.38. The molecule has 5 nitrogen and oxygen atoms in total. The summed E-state index contributed by atoms with van der Waals surface area (Å²) in [5.41, 5.74) is -0.585. The van der Waals surface area contributed by atoms with Crippen LogP contribution in [0.15, 0.2) is 46.2 Å². The van der Waals surface area contributed by atoms with E-state index in [0.29, 0.717) is 18.0 Å². The molecule has 2 rings (SSSR count). The zero-order chi connectivity index (χ0) is 13.1. The molecule has 0 saturated heterocycles. The lowest BCUT2D eigenvalue weighted by Crippen LogP contribution is -2.38. The van der Waals surface area contributed by atoms with Crippen LogP contribution in [0, 0.1) is 0 Å². The Kier molecular flexibility index (Phi) is 3.32. The van der Waals surface area contributed by atoms with Crippen molar-refractivity contribution in [3.05, 3.63) is 57.4 Å². The van der Waals surface area contributed by atoms with E-state index in [1.54, 1.807) is 37.6 Å². The van der Waals surface area contributed by atoms with Gasteiger partial charge in [-0.05, 0) is 19.1 Å². The number of benzene rings is 1. The zero-order valence-electron chi connectivity index (χ0n) is 10.3. The highest BCUT2D eigenvalue weighted by atomic mass is 16.5.